The minimum Gasteiger partial charge on any atom is -0.497 e. The van der Waals surface area contributed by atoms with E-state index in [-0.39, 0.29) is 36.1 Å². The fourth-order valence-corrected chi connectivity index (χ4v) is 3.26. The van der Waals surface area contributed by atoms with Gasteiger partial charge in [-0.15, -0.1) is 10.2 Å². The fourth-order valence-electron chi connectivity index (χ4n) is 2.59. The van der Waals surface area contributed by atoms with E-state index in [2.05, 4.69) is 20.8 Å². The molecule has 0 unspecified atom stereocenters. The average molecular weight is 430 g/mol. The Balaban J connectivity index is 1.40. The zero-order valence-electron chi connectivity index (χ0n) is 16.6. The third-order valence-electron chi connectivity index (χ3n) is 3.96. The smallest absolute Gasteiger partial charge is 0.286 e. The second-order valence-corrected chi connectivity index (χ2v) is 7.49. The molecule has 158 valence electrons. The lowest BCUT2D eigenvalue weighted by molar-refractivity contribution is -0.126. The fraction of sp³-hybridized carbons (Fsp3) is 0.300. The molecule has 9 nitrogen and oxygen atoms in total. The molecule has 3 aromatic rings. The number of furan rings is 1. The first-order valence-corrected chi connectivity index (χ1v) is 10.0. The van der Waals surface area contributed by atoms with Gasteiger partial charge < -0.3 is 24.5 Å². The zero-order chi connectivity index (χ0) is 21.3. The zero-order valence-corrected chi connectivity index (χ0v) is 17.4. The molecular weight excluding hydrogens is 408 g/mol. The van der Waals surface area contributed by atoms with Gasteiger partial charge in [0.05, 0.1) is 13.4 Å². The number of methoxy groups -OCH3 is 1. The van der Waals surface area contributed by atoms with Gasteiger partial charge in [-0.1, -0.05) is 11.3 Å². The number of nitrogens with zero attached hydrogens (tertiary/aromatic N) is 2. The monoisotopic (exact) mass is 430 g/mol. The highest BCUT2D eigenvalue weighted by molar-refractivity contribution is 7.13. The molecule has 0 saturated heterocycles. The molecule has 10 heteroatoms. The molecule has 1 atom stereocenters. The van der Waals surface area contributed by atoms with Gasteiger partial charge in [-0.2, -0.15) is 0 Å². The second-order valence-electron chi connectivity index (χ2n) is 6.43. The van der Waals surface area contributed by atoms with E-state index in [0.717, 1.165) is 17.1 Å². The van der Waals surface area contributed by atoms with E-state index in [9.17, 15) is 9.59 Å². The van der Waals surface area contributed by atoms with Crippen LogP contribution in [-0.4, -0.2) is 41.8 Å². The van der Waals surface area contributed by atoms with Crippen LogP contribution in [0.5, 0.6) is 5.75 Å². The molecule has 2 N–H and O–H groups in total. The van der Waals surface area contributed by atoms with Crippen LogP contribution in [0, 0.1) is 0 Å². The Morgan fingerprint density at radius 3 is 2.70 bits per heavy atom. The number of hydrogen-bond donors (Lipinski definition) is 2. The van der Waals surface area contributed by atoms with Crippen LogP contribution in [0.15, 0.2) is 47.1 Å². The van der Waals surface area contributed by atoms with Crippen molar-refractivity contribution in [2.24, 2.45) is 0 Å². The molecule has 2 heterocycles. The number of anilines is 1. The Kier molecular flexibility index (Phi) is 7.52. The van der Waals surface area contributed by atoms with Crippen molar-refractivity contribution in [3.8, 4) is 5.75 Å². The number of benzene rings is 1. The largest absolute Gasteiger partial charge is 0.497 e. The predicted molar refractivity (Wildman–Crippen MR) is 111 cm³/mol. The Bertz CT molecular complexity index is 956. The van der Waals surface area contributed by atoms with Crippen molar-refractivity contribution in [3.05, 3.63) is 58.4 Å². The summed E-state index contributed by atoms with van der Waals surface area (Å²) in [6.07, 6.45) is 2.20. The Hall–Kier alpha value is -3.24. The average Bonchev–Trinajstić information content (AvgIpc) is 3.40. The van der Waals surface area contributed by atoms with Gasteiger partial charge in [-0.25, -0.2) is 0 Å². The van der Waals surface area contributed by atoms with E-state index in [1.165, 1.54) is 0 Å². The van der Waals surface area contributed by atoms with E-state index < -0.39 is 0 Å². The highest BCUT2D eigenvalue weighted by Crippen LogP contribution is 2.17. The van der Waals surface area contributed by atoms with Gasteiger partial charge in [0, 0.05) is 18.2 Å². The normalized spacial score (nSPS) is 11.7. The number of hydrogen-bond acceptors (Lipinski definition) is 8. The minimum atomic E-state index is -0.367. The van der Waals surface area contributed by atoms with Crippen molar-refractivity contribution in [2.45, 2.75) is 26.0 Å². The van der Waals surface area contributed by atoms with Crippen LogP contribution in [0.3, 0.4) is 0 Å². The van der Waals surface area contributed by atoms with E-state index in [1.807, 2.05) is 13.0 Å². The molecule has 0 radical (unpaired) electrons. The maximum Gasteiger partial charge on any atom is 0.286 e. The first-order chi connectivity index (χ1) is 14.5. The molecule has 0 fully saturated rings. The highest BCUT2D eigenvalue weighted by atomic mass is 32.1. The standard InChI is InChI=1S/C20H22N4O5S/c1-13(10-16-4-3-9-29-16)21-17(25)11-28-12-18-23-24-20(30-18)19(26)22-14-5-7-15(27-2)8-6-14/h3-9,13H,10-12H2,1-2H3,(H,21,25)(H,22,26)/t13-/m1/s1. The first kappa shape index (κ1) is 21.5. The van der Waals surface area contributed by atoms with Gasteiger partial charge in [0.15, 0.2) is 0 Å². The van der Waals surface area contributed by atoms with Crippen LogP contribution in [0.4, 0.5) is 5.69 Å². The van der Waals surface area contributed by atoms with E-state index in [4.69, 9.17) is 13.9 Å². The number of aromatic nitrogens is 2. The van der Waals surface area contributed by atoms with Crippen LogP contribution < -0.4 is 15.4 Å². The van der Waals surface area contributed by atoms with Gasteiger partial charge in [-0.3, -0.25) is 9.59 Å². The summed E-state index contributed by atoms with van der Waals surface area (Å²) >= 11 is 1.11. The first-order valence-electron chi connectivity index (χ1n) is 9.20. The van der Waals surface area contributed by atoms with E-state index >= 15 is 0 Å². The van der Waals surface area contributed by atoms with Crippen LogP contribution in [0.25, 0.3) is 0 Å². The molecule has 2 amide bonds. The van der Waals surface area contributed by atoms with Crippen molar-refractivity contribution in [2.75, 3.05) is 19.0 Å². The second kappa shape index (κ2) is 10.5. The van der Waals surface area contributed by atoms with Crippen molar-refractivity contribution in [3.63, 3.8) is 0 Å². The number of carbonyl (C=O) groups is 2. The maximum absolute atomic E-state index is 12.3. The molecule has 2 aromatic heterocycles. The molecule has 30 heavy (non-hydrogen) atoms. The van der Waals surface area contributed by atoms with Gasteiger partial charge in [0.2, 0.25) is 10.9 Å². The van der Waals surface area contributed by atoms with E-state index in [0.29, 0.717) is 22.9 Å². The van der Waals surface area contributed by atoms with Crippen molar-refractivity contribution in [1.82, 2.24) is 15.5 Å². The van der Waals surface area contributed by atoms with Crippen molar-refractivity contribution < 1.29 is 23.5 Å². The van der Waals surface area contributed by atoms with Crippen LogP contribution in [-0.2, 0) is 22.6 Å². The molecule has 0 aliphatic heterocycles. The van der Waals surface area contributed by atoms with Crippen molar-refractivity contribution >= 4 is 28.8 Å². The molecule has 0 bridgehead atoms. The topological polar surface area (TPSA) is 116 Å². The van der Waals surface area contributed by atoms with Crippen LogP contribution >= 0.6 is 11.3 Å². The maximum atomic E-state index is 12.3. The van der Waals surface area contributed by atoms with Crippen LogP contribution in [0.2, 0.25) is 0 Å². The highest BCUT2D eigenvalue weighted by Gasteiger charge is 2.14. The van der Waals surface area contributed by atoms with Gasteiger partial charge >= 0.3 is 0 Å². The van der Waals surface area contributed by atoms with Gasteiger partial charge in [0.25, 0.3) is 5.91 Å². The van der Waals surface area contributed by atoms with Crippen LogP contribution in [0.1, 0.15) is 27.5 Å². The Morgan fingerprint density at radius 2 is 2.00 bits per heavy atom. The molecule has 1 aromatic carbocycles. The van der Waals surface area contributed by atoms with E-state index in [1.54, 1.807) is 43.7 Å². The lowest BCUT2D eigenvalue weighted by Crippen LogP contribution is -2.36. The summed E-state index contributed by atoms with van der Waals surface area (Å²) in [5.74, 6) is 0.894. The number of ether oxygens (including phenoxy) is 2. The summed E-state index contributed by atoms with van der Waals surface area (Å²) in [4.78, 5) is 24.2. The number of amides is 2. The summed E-state index contributed by atoms with van der Waals surface area (Å²) in [6.45, 7) is 1.86. The molecule has 0 spiro atoms. The quantitative estimate of drug-likeness (QED) is 0.508. The summed E-state index contributed by atoms with van der Waals surface area (Å²) < 4.78 is 15.7. The number of carbonyl (C=O) groups excluding carboxylic acids is 2. The summed E-state index contributed by atoms with van der Waals surface area (Å²) in [5, 5.41) is 14.1. The molecule has 0 aliphatic rings. The van der Waals surface area contributed by atoms with Crippen molar-refractivity contribution in [1.29, 1.82) is 0 Å². The summed E-state index contributed by atoms with van der Waals surface area (Å²) in [6, 6.07) is 10.5. The number of nitrogens with one attached hydrogen (secondary N) is 2. The Morgan fingerprint density at radius 1 is 1.20 bits per heavy atom. The summed E-state index contributed by atoms with van der Waals surface area (Å²) in [5.41, 5.74) is 0.620. The Labute approximate surface area is 177 Å². The SMILES string of the molecule is COc1ccc(NC(=O)c2nnc(COCC(=O)N[C@H](C)Cc3ccco3)s2)cc1. The minimum absolute atomic E-state index is 0.0815. The predicted octanol–water partition coefficient (Wildman–Crippen LogP) is 2.66. The third kappa shape index (κ3) is 6.39. The lowest BCUT2D eigenvalue weighted by atomic mass is 10.2. The summed E-state index contributed by atoms with van der Waals surface area (Å²) in [7, 11) is 1.57. The lowest BCUT2D eigenvalue weighted by Gasteiger charge is -2.12. The molecule has 3 rings (SSSR count). The third-order valence-corrected chi connectivity index (χ3v) is 4.86. The number of rotatable bonds is 10. The van der Waals surface area contributed by atoms with Gasteiger partial charge in [-0.05, 0) is 43.3 Å². The molecule has 0 aliphatic carbocycles. The van der Waals surface area contributed by atoms with Gasteiger partial charge in [0.1, 0.15) is 29.7 Å². The molecule has 0 saturated carbocycles. The molecular formula is C20H22N4O5S.